The highest BCUT2D eigenvalue weighted by Gasteiger charge is 2.04. The fourth-order valence-corrected chi connectivity index (χ4v) is 0.920. The second kappa shape index (κ2) is 3.42. The molecule has 0 aromatic carbocycles. The zero-order valence-electron chi connectivity index (χ0n) is 7.87. The molecule has 1 aromatic rings. The van der Waals surface area contributed by atoms with Crippen LogP contribution in [0.4, 0.5) is 5.95 Å². The normalized spacial score (nSPS) is 10.1. The predicted octanol–water partition coefficient (Wildman–Crippen LogP) is -0.982. The summed E-state index contributed by atoms with van der Waals surface area (Å²) in [6, 6.07) is 0. The van der Waals surface area contributed by atoms with Crippen LogP contribution in [0.2, 0.25) is 0 Å². The van der Waals surface area contributed by atoms with Gasteiger partial charge in [0.25, 0.3) is 0 Å². The number of hydrogen-bond acceptors (Lipinski definition) is 4. The first-order valence-corrected chi connectivity index (χ1v) is 3.94. The van der Waals surface area contributed by atoms with Gasteiger partial charge in [-0.1, -0.05) is 0 Å². The summed E-state index contributed by atoms with van der Waals surface area (Å²) in [6.45, 7) is 2.04. The van der Waals surface area contributed by atoms with Crippen LogP contribution in [0.3, 0.4) is 0 Å². The largest absolute Gasteiger partial charge is 0.354 e. The third kappa shape index (κ3) is 1.77. The molecule has 0 spiro atoms. The van der Waals surface area contributed by atoms with Gasteiger partial charge in [-0.25, -0.2) is 14.2 Å². The van der Waals surface area contributed by atoms with Gasteiger partial charge in [-0.2, -0.15) is 4.98 Å². The molecule has 0 aliphatic carbocycles. The molecule has 1 heterocycles. The van der Waals surface area contributed by atoms with Gasteiger partial charge < -0.3 is 4.90 Å². The average Bonchev–Trinajstić information content (AvgIpc) is 2.03. The average molecular weight is 184 g/mol. The molecule has 1 N–H and O–H groups in total. The molecule has 1 rings (SSSR count). The van der Waals surface area contributed by atoms with E-state index in [0.29, 0.717) is 6.54 Å². The van der Waals surface area contributed by atoms with Gasteiger partial charge in [0.15, 0.2) is 0 Å². The Morgan fingerprint density at radius 1 is 1.46 bits per heavy atom. The lowest BCUT2D eigenvalue weighted by atomic mass is 10.7. The van der Waals surface area contributed by atoms with Gasteiger partial charge in [-0.05, 0) is 6.92 Å². The zero-order chi connectivity index (χ0) is 10.0. The molecule has 72 valence electrons. The summed E-state index contributed by atoms with van der Waals surface area (Å²) < 4.78 is 1.03. The number of H-pyrrole nitrogens is 1. The van der Waals surface area contributed by atoms with Crippen molar-refractivity contribution in [2.24, 2.45) is 0 Å². The Hall–Kier alpha value is -1.59. The van der Waals surface area contributed by atoms with Crippen molar-refractivity contribution in [1.82, 2.24) is 14.5 Å². The first-order chi connectivity index (χ1) is 6.06. The number of hydrogen-bond donors (Lipinski definition) is 1. The highest BCUT2D eigenvalue weighted by molar-refractivity contribution is 5.23. The van der Waals surface area contributed by atoms with Crippen LogP contribution in [-0.4, -0.2) is 28.6 Å². The minimum atomic E-state index is -0.519. The zero-order valence-corrected chi connectivity index (χ0v) is 7.87. The molecule has 0 aliphatic heterocycles. The van der Waals surface area contributed by atoms with Gasteiger partial charge in [0.1, 0.15) is 0 Å². The molecule has 6 nitrogen and oxygen atoms in total. The van der Waals surface area contributed by atoms with Crippen molar-refractivity contribution in [1.29, 1.82) is 0 Å². The van der Waals surface area contributed by atoms with E-state index in [1.165, 1.54) is 0 Å². The number of nitrogens with zero attached hydrogens (tertiary/aromatic N) is 3. The Labute approximate surface area is 74.8 Å². The van der Waals surface area contributed by atoms with Crippen molar-refractivity contribution in [3.63, 3.8) is 0 Å². The van der Waals surface area contributed by atoms with Crippen molar-refractivity contribution in [2.45, 2.75) is 13.5 Å². The molecule has 1 aromatic heterocycles. The third-order valence-electron chi connectivity index (χ3n) is 1.64. The van der Waals surface area contributed by atoms with Crippen LogP contribution in [0.5, 0.6) is 0 Å². The minimum Gasteiger partial charge on any atom is -0.348 e. The molecular formula is C7H12N4O2. The molecule has 0 unspecified atom stereocenters. The molecule has 13 heavy (non-hydrogen) atoms. The van der Waals surface area contributed by atoms with Gasteiger partial charge in [0, 0.05) is 20.6 Å². The topological polar surface area (TPSA) is 71.0 Å². The molecule has 0 radical (unpaired) electrons. The molecule has 0 fully saturated rings. The lowest BCUT2D eigenvalue weighted by Crippen LogP contribution is -2.38. The number of anilines is 1. The summed E-state index contributed by atoms with van der Waals surface area (Å²) in [5.41, 5.74) is -0.943. The standard InChI is InChI=1S/C7H12N4O2/c1-4-11-6(12)8-5(10(2)3)9-7(11)13/h4H2,1-3H3,(H,8,9,12,13). The van der Waals surface area contributed by atoms with E-state index in [1.807, 2.05) is 0 Å². The molecule has 0 saturated heterocycles. The SMILES string of the molecule is CCn1c(=O)nc(N(C)C)[nH]c1=O. The van der Waals surface area contributed by atoms with Crippen LogP contribution in [0.25, 0.3) is 0 Å². The van der Waals surface area contributed by atoms with Crippen LogP contribution in [0.15, 0.2) is 9.59 Å². The van der Waals surface area contributed by atoms with Crippen LogP contribution >= 0.6 is 0 Å². The van der Waals surface area contributed by atoms with E-state index in [0.717, 1.165) is 4.57 Å². The summed E-state index contributed by atoms with van der Waals surface area (Å²) in [6.07, 6.45) is 0. The Morgan fingerprint density at radius 2 is 2.08 bits per heavy atom. The van der Waals surface area contributed by atoms with E-state index in [9.17, 15) is 9.59 Å². The second-order valence-corrected chi connectivity index (χ2v) is 2.79. The Bertz CT molecular complexity index is 372. The summed E-state index contributed by atoms with van der Waals surface area (Å²) >= 11 is 0. The predicted molar refractivity (Wildman–Crippen MR) is 49.1 cm³/mol. The van der Waals surface area contributed by atoms with E-state index >= 15 is 0 Å². The Balaban J connectivity index is 3.38. The van der Waals surface area contributed by atoms with E-state index < -0.39 is 11.4 Å². The first kappa shape index (κ1) is 9.50. The van der Waals surface area contributed by atoms with Crippen molar-refractivity contribution in [3.05, 3.63) is 21.0 Å². The molecule has 6 heteroatoms. The summed E-state index contributed by atoms with van der Waals surface area (Å²) in [4.78, 5) is 30.2. The fraction of sp³-hybridized carbons (Fsp3) is 0.571. The van der Waals surface area contributed by atoms with Crippen LogP contribution in [0.1, 0.15) is 6.92 Å². The molecule has 0 aliphatic rings. The van der Waals surface area contributed by atoms with E-state index in [2.05, 4.69) is 9.97 Å². The van der Waals surface area contributed by atoms with Gasteiger partial charge in [-0.15, -0.1) is 0 Å². The summed E-state index contributed by atoms with van der Waals surface area (Å²) in [5, 5.41) is 0. The van der Waals surface area contributed by atoms with Gasteiger partial charge in [0.2, 0.25) is 5.95 Å². The van der Waals surface area contributed by atoms with Gasteiger partial charge in [0.05, 0.1) is 0 Å². The maximum absolute atomic E-state index is 11.2. The highest BCUT2D eigenvalue weighted by Crippen LogP contribution is 1.92. The molecule has 0 amide bonds. The van der Waals surface area contributed by atoms with E-state index in [-0.39, 0.29) is 5.95 Å². The lowest BCUT2D eigenvalue weighted by Gasteiger charge is -2.09. The maximum atomic E-state index is 11.2. The number of nitrogens with one attached hydrogen (secondary N) is 1. The fourth-order valence-electron chi connectivity index (χ4n) is 0.920. The van der Waals surface area contributed by atoms with E-state index in [4.69, 9.17) is 0 Å². The smallest absolute Gasteiger partial charge is 0.348 e. The quantitative estimate of drug-likeness (QED) is 0.641. The van der Waals surface area contributed by atoms with Crippen molar-refractivity contribution >= 4 is 5.95 Å². The molecular weight excluding hydrogens is 172 g/mol. The van der Waals surface area contributed by atoms with Crippen molar-refractivity contribution < 1.29 is 0 Å². The summed E-state index contributed by atoms with van der Waals surface area (Å²) in [7, 11) is 3.40. The first-order valence-electron chi connectivity index (χ1n) is 3.94. The lowest BCUT2D eigenvalue weighted by molar-refractivity contribution is 0.640. The minimum absolute atomic E-state index is 0.278. The molecule has 0 saturated carbocycles. The number of aromatic amines is 1. The van der Waals surface area contributed by atoms with Crippen LogP contribution < -0.4 is 16.3 Å². The number of aromatic nitrogens is 3. The van der Waals surface area contributed by atoms with Crippen molar-refractivity contribution in [2.75, 3.05) is 19.0 Å². The monoisotopic (exact) mass is 184 g/mol. The third-order valence-corrected chi connectivity index (χ3v) is 1.64. The van der Waals surface area contributed by atoms with Gasteiger partial charge in [-0.3, -0.25) is 4.98 Å². The van der Waals surface area contributed by atoms with Crippen LogP contribution in [0, 0.1) is 0 Å². The summed E-state index contributed by atoms with van der Waals surface area (Å²) in [5.74, 6) is 0.278. The van der Waals surface area contributed by atoms with Crippen LogP contribution in [-0.2, 0) is 6.54 Å². The van der Waals surface area contributed by atoms with Crippen molar-refractivity contribution in [3.8, 4) is 0 Å². The second-order valence-electron chi connectivity index (χ2n) is 2.79. The van der Waals surface area contributed by atoms with Gasteiger partial charge >= 0.3 is 11.4 Å². The van der Waals surface area contributed by atoms with E-state index in [1.54, 1.807) is 25.9 Å². The number of rotatable bonds is 2. The Morgan fingerprint density at radius 3 is 2.46 bits per heavy atom. The maximum Gasteiger partial charge on any atom is 0.354 e. The highest BCUT2D eigenvalue weighted by atomic mass is 16.2. The molecule has 0 atom stereocenters. The Kier molecular flexibility index (Phi) is 2.50. The molecule has 0 bridgehead atoms.